The number of anilines is 1. The van der Waals surface area contributed by atoms with Gasteiger partial charge in [0.1, 0.15) is 16.5 Å². The number of piperidine rings is 1. The number of hydrogen-bond donors (Lipinski definition) is 1. The van der Waals surface area contributed by atoms with Crippen LogP contribution in [0, 0.1) is 6.92 Å². The number of amides is 2. The monoisotopic (exact) mass is 397 g/mol. The molecular formula is C19H23N7OS. The molecule has 0 spiro atoms. The van der Waals surface area contributed by atoms with Gasteiger partial charge in [0.25, 0.3) is 0 Å². The number of nitrogens with one attached hydrogen (secondary N) is 1. The smallest absolute Gasteiger partial charge is 0.323 e. The molecule has 28 heavy (non-hydrogen) atoms. The van der Waals surface area contributed by atoms with Gasteiger partial charge in [-0.15, -0.1) is 10.2 Å². The third-order valence-corrected chi connectivity index (χ3v) is 6.00. The maximum atomic E-state index is 12.7. The molecule has 0 bridgehead atoms. The van der Waals surface area contributed by atoms with Gasteiger partial charge in [0.05, 0.1) is 0 Å². The van der Waals surface area contributed by atoms with Gasteiger partial charge in [0.15, 0.2) is 5.01 Å². The van der Waals surface area contributed by atoms with Crippen molar-refractivity contribution in [2.24, 2.45) is 0 Å². The van der Waals surface area contributed by atoms with Crippen molar-refractivity contribution in [3.05, 3.63) is 29.5 Å². The fourth-order valence-corrected chi connectivity index (χ4v) is 4.03. The Balaban J connectivity index is 1.51. The Labute approximate surface area is 167 Å². The summed E-state index contributed by atoms with van der Waals surface area (Å²) in [4.78, 5) is 25.5. The highest BCUT2D eigenvalue weighted by Crippen LogP contribution is 2.25. The molecule has 2 amide bonds. The Hall–Kier alpha value is -2.65. The number of pyridine rings is 2. The van der Waals surface area contributed by atoms with Crippen LogP contribution < -0.4 is 5.32 Å². The zero-order chi connectivity index (χ0) is 19.7. The molecule has 0 aromatic carbocycles. The van der Waals surface area contributed by atoms with Crippen molar-refractivity contribution < 1.29 is 4.79 Å². The Bertz CT molecular complexity index is 997. The first-order chi connectivity index (χ1) is 13.5. The minimum atomic E-state index is -0.129. The van der Waals surface area contributed by atoms with E-state index in [0.29, 0.717) is 5.82 Å². The lowest BCUT2D eigenvalue weighted by Crippen LogP contribution is -2.46. The van der Waals surface area contributed by atoms with Crippen LogP contribution in [0.5, 0.6) is 0 Å². The zero-order valence-corrected chi connectivity index (χ0v) is 17.0. The van der Waals surface area contributed by atoms with Crippen molar-refractivity contribution >= 4 is 34.0 Å². The number of nitrogens with zero attached hydrogens (tertiary/aromatic N) is 6. The van der Waals surface area contributed by atoms with E-state index < -0.39 is 0 Å². The second-order valence-corrected chi connectivity index (χ2v) is 8.37. The normalized spacial score (nSPS) is 15.7. The summed E-state index contributed by atoms with van der Waals surface area (Å²) in [7, 11) is 3.97. The molecule has 3 aromatic rings. The molecule has 1 aliphatic heterocycles. The molecule has 0 unspecified atom stereocenters. The molecule has 4 heterocycles. The van der Waals surface area contributed by atoms with Crippen LogP contribution in [0.15, 0.2) is 24.5 Å². The Kier molecular flexibility index (Phi) is 5.19. The second-order valence-electron chi connectivity index (χ2n) is 7.19. The molecule has 3 aromatic heterocycles. The van der Waals surface area contributed by atoms with E-state index in [0.717, 1.165) is 52.4 Å². The molecule has 8 nitrogen and oxygen atoms in total. The number of carbonyl (C=O) groups is 1. The first kappa shape index (κ1) is 18.7. The third-order valence-electron chi connectivity index (χ3n) is 5.14. The van der Waals surface area contributed by atoms with E-state index in [1.54, 1.807) is 17.3 Å². The fraction of sp³-hybridized carbons (Fsp3) is 0.421. The predicted molar refractivity (Wildman–Crippen MR) is 110 cm³/mol. The van der Waals surface area contributed by atoms with Gasteiger partial charge >= 0.3 is 6.03 Å². The van der Waals surface area contributed by atoms with Crippen LogP contribution in [0.4, 0.5) is 10.6 Å². The Morgan fingerprint density at radius 1 is 1.18 bits per heavy atom. The standard InChI is InChI=1S/C19H23N7OS/c1-12-23-24-18(28-12)16-8-13-9-17(21-11-14(13)10-20-16)22-19(27)26(3)15-4-6-25(2)7-5-15/h8-11,15H,4-7H2,1-3H3,(H,21,22,27). The topological polar surface area (TPSA) is 87.1 Å². The molecule has 0 saturated carbocycles. The number of rotatable bonds is 3. The quantitative estimate of drug-likeness (QED) is 0.731. The molecule has 9 heteroatoms. The maximum Gasteiger partial charge on any atom is 0.323 e. The van der Waals surface area contributed by atoms with Crippen molar-refractivity contribution in [3.63, 3.8) is 0 Å². The summed E-state index contributed by atoms with van der Waals surface area (Å²) in [5.41, 5.74) is 0.769. The van der Waals surface area contributed by atoms with Gasteiger partial charge in [-0.25, -0.2) is 9.78 Å². The fourth-order valence-electron chi connectivity index (χ4n) is 3.37. The highest BCUT2D eigenvalue weighted by atomic mass is 32.1. The number of aromatic nitrogens is 4. The lowest BCUT2D eigenvalue weighted by Gasteiger charge is -2.34. The molecule has 0 aliphatic carbocycles. The van der Waals surface area contributed by atoms with Crippen molar-refractivity contribution in [1.82, 2.24) is 30.0 Å². The van der Waals surface area contributed by atoms with E-state index >= 15 is 0 Å². The summed E-state index contributed by atoms with van der Waals surface area (Å²) in [6.45, 7) is 3.94. The third kappa shape index (κ3) is 3.95. The molecule has 0 atom stereocenters. The predicted octanol–water partition coefficient (Wildman–Crippen LogP) is 3.01. The zero-order valence-electron chi connectivity index (χ0n) is 16.2. The van der Waals surface area contributed by atoms with Gasteiger partial charge in [-0.05, 0) is 57.4 Å². The van der Waals surface area contributed by atoms with Crippen molar-refractivity contribution in [2.45, 2.75) is 25.8 Å². The largest absolute Gasteiger partial charge is 0.324 e. The molecule has 1 fully saturated rings. The van der Waals surface area contributed by atoms with Crippen LogP contribution in [0.3, 0.4) is 0 Å². The lowest BCUT2D eigenvalue weighted by atomic mass is 10.0. The van der Waals surface area contributed by atoms with Gasteiger partial charge in [0, 0.05) is 30.9 Å². The van der Waals surface area contributed by atoms with Gasteiger partial charge in [-0.1, -0.05) is 11.3 Å². The second kappa shape index (κ2) is 7.76. The van der Waals surface area contributed by atoms with Gasteiger partial charge in [-0.3, -0.25) is 10.3 Å². The van der Waals surface area contributed by atoms with E-state index in [1.807, 2.05) is 26.1 Å². The highest BCUT2D eigenvalue weighted by Gasteiger charge is 2.24. The van der Waals surface area contributed by atoms with Crippen molar-refractivity contribution in [3.8, 4) is 10.7 Å². The summed E-state index contributed by atoms with van der Waals surface area (Å²) >= 11 is 1.50. The molecule has 0 radical (unpaired) electrons. The van der Waals surface area contributed by atoms with E-state index in [-0.39, 0.29) is 12.1 Å². The van der Waals surface area contributed by atoms with Crippen LogP contribution in [0.2, 0.25) is 0 Å². The van der Waals surface area contributed by atoms with Crippen LogP contribution in [-0.4, -0.2) is 69.2 Å². The Morgan fingerprint density at radius 3 is 2.64 bits per heavy atom. The average Bonchev–Trinajstić information content (AvgIpc) is 3.14. The van der Waals surface area contributed by atoms with Crippen LogP contribution in [0.25, 0.3) is 21.5 Å². The molecule has 1 N–H and O–H groups in total. The minimum absolute atomic E-state index is 0.129. The molecule has 1 saturated heterocycles. The summed E-state index contributed by atoms with van der Waals surface area (Å²) in [5.74, 6) is 0.530. The summed E-state index contributed by atoms with van der Waals surface area (Å²) in [6, 6.07) is 3.95. The van der Waals surface area contributed by atoms with Crippen LogP contribution >= 0.6 is 11.3 Å². The summed E-state index contributed by atoms with van der Waals surface area (Å²) < 4.78 is 0. The summed E-state index contributed by atoms with van der Waals surface area (Å²) in [6.07, 6.45) is 5.47. The van der Waals surface area contributed by atoms with E-state index in [4.69, 9.17) is 0 Å². The first-order valence-corrected chi connectivity index (χ1v) is 10.1. The van der Waals surface area contributed by atoms with E-state index in [9.17, 15) is 4.79 Å². The molecule has 1 aliphatic rings. The van der Waals surface area contributed by atoms with E-state index in [1.165, 1.54) is 11.3 Å². The minimum Gasteiger partial charge on any atom is -0.324 e. The van der Waals surface area contributed by atoms with Crippen molar-refractivity contribution in [2.75, 3.05) is 32.5 Å². The number of hydrogen-bond acceptors (Lipinski definition) is 7. The van der Waals surface area contributed by atoms with Gasteiger partial charge < -0.3 is 9.80 Å². The Morgan fingerprint density at radius 2 is 1.93 bits per heavy atom. The van der Waals surface area contributed by atoms with E-state index in [2.05, 4.69) is 37.4 Å². The van der Waals surface area contributed by atoms with Gasteiger partial charge in [0.2, 0.25) is 0 Å². The maximum absolute atomic E-state index is 12.7. The lowest BCUT2D eigenvalue weighted by molar-refractivity contribution is 0.156. The SMILES string of the molecule is Cc1nnc(-c2cc3cc(NC(=O)N(C)C4CCN(C)CC4)ncc3cn2)s1. The average molecular weight is 398 g/mol. The number of urea groups is 1. The van der Waals surface area contributed by atoms with Crippen molar-refractivity contribution in [1.29, 1.82) is 0 Å². The summed E-state index contributed by atoms with van der Waals surface area (Å²) in [5, 5.41) is 14.7. The molecular weight excluding hydrogens is 374 g/mol. The van der Waals surface area contributed by atoms with Crippen LogP contribution in [-0.2, 0) is 0 Å². The van der Waals surface area contributed by atoms with Gasteiger partial charge in [-0.2, -0.15) is 0 Å². The van der Waals surface area contributed by atoms with Crippen LogP contribution in [0.1, 0.15) is 17.8 Å². The number of aryl methyl sites for hydroxylation is 1. The highest BCUT2D eigenvalue weighted by molar-refractivity contribution is 7.14. The molecule has 4 rings (SSSR count). The first-order valence-electron chi connectivity index (χ1n) is 9.28. The molecule has 146 valence electrons. The number of likely N-dealkylation sites (tertiary alicyclic amines) is 1. The number of carbonyl (C=O) groups excluding carboxylic acids is 1. The number of fused-ring (bicyclic) bond motifs is 1.